The number of rotatable bonds is 5. The topological polar surface area (TPSA) is 38.7 Å². The first-order chi connectivity index (χ1) is 8.27. The molecule has 0 aromatic rings. The molecule has 0 fully saturated rings. The molecule has 0 aromatic carbocycles. The smallest absolute Gasteiger partial charge is 0.302 e. The van der Waals surface area contributed by atoms with E-state index in [1.54, 1.807) is 0 Å². The molecule has 0 amide bonds. The minimum absolute atomic E-state index is 0.151. The molecule has 17 heavy (non-hydrogen) atoms. The van der Waals surface area contributed by atoms with Crippen molar-refractivity contribution in [3.63, 3.8) is 0 Å². The summed E-state index contributed by atoms with van der Waals surface area (Å²) in [6.45, 7) is 1.98. The van der Waals surface area contributed by atoms with E-state index in [0.29, 0.717) is 6.61 Å². The number of unbranched alkanes of at least 4 members (excludes halogenated alkanes) is 1. The predicted octanol–water partition coefficient (Wildman–Crippen LogP) is 2.47. The van der Waals surface area contributed by atoms with E-state index in [-0.39, 0.29) is 16.5 Å². The average molecular weight is 250 g/mol. The van der Waals surface area contributed by atoms with Crippen molar-refractivity contribution in [2.75, 3.05) is 12.4 Å². The molecule has 0 saturated carbocycles. The number of esters is 1. The van der Waals surface area contributed by atoms with Gasteiger partial charge in [0, 0.05) is 19.4 Å². The highest BCUT2D eigenvalue weighted by Crippen LogP contribution is 2.28. The van der Waals surface area contributed by atoms with Crippen LogP contribution in [0, 0.1) is 6.42 Å². The molecule has 90 valence electrons. The van der Waals surface area contributed by atoms with Gasteiger partial charge >= 0.3 is 5.97 Å². The number of fused-ring (bicyclic) bond motifs is 1. The molecule has 0 spiro atoms. The summed E-state index contributed by atoms with van der Waals surface area (Å²) < 4.78 is 4.91. The van der Waals surface area contributed by atoms with E-state index >= 15 is 0 Å². The van der Waals surface area contributed by atoms with Crippen LogP contribution in [0.15, 0.2) is 28.9 Å². The zero-order valence-corrected chi connectivity index (χ0v) is 10.7. The van der Waals surface area contributed by atoms with Crippen molar-refractivity contribution < 1.29 is 9.53 Å². The average Bonchev–Trinajstić information content (AvgIpc) is 2.72. The molecule has 4 heteroatoms. The molecular weight excluding hydrogens is 234 g/mol. The van der Waals surface area contributed by atoms with Crippen molar-refractivity contribution >= 4 is 26.9 Å². The zero-order chi connectivity index (χ0) is 12.1. The second-order valence-corrected chi connectivity index (χ2v) is 5.80. The Labute approximate surface area is 104 Å². The van der Waals surface area contributed by atoms with Crippen LogP contribution in [0.4, 0.5) is 0 Å². The molecule has 0 bridgehead atoms. The largest absolute Gasteiger partial charge is 0.466 e. The maximum atomic E-state index is 10.6. The van der Waals surface area contributed by atoms with Gasteiger partial charge in [0.1, 0.15) is 4.86 Å². The lowest BCUT2D eigenvalue weighted by molar-refractivity contribution is -0.141. The summed E-state index contributed by atoms with van der Waals surface area (Å²) >= 11 is 0. The molecular formula is C13H16NO2S+. The summed E-state index contributed by atoms with van der Waals surface area (Å²) in [5.74, 6) is 0.905. The fourth-order valence-electron chi connectivity index (χ4n) is 1.70. The fraction of sp³-hybridized carbons (Fsp3) is 0.385. The summed E-state index contributed by atoms with van der Waals surface area (Å²) in [6, 6.07) is 0. The third-order valence-electron chi connectivity index (χ3n) is 2.53. The van der Waals surface area contributed by atoms with E-state index in [9.17, 15) is 4.79 Å². The highest BCUT2D eigenvalue weighted by molar-refractivity contribution is 8.27. The summed E-state index contributed by atoms with van der Waals surface area (Å²) in [7, 11) is 0.151. The van der Waals surface area contributed by atoms with Gasteiger partial charge < -0.3 is 4.74 Å². The van der Waals surface area contributed by atoms with E-state index in [1.165, 1.54) is 11.8 Å². The predicted molar refractivity (Wildman–Crippen MR) is 73.3 cm³/mol. The Morgan fingerprint density at radius 2 is 2.41 bits per heavy atom. The van der Waals surface area contributed by atoms with E-state index < -0.39 is 0 Å². The molecule has 1 aliphatic carbocycles. The van der Waals surface area contributed by atoms with Crippen LogP contribution in [0.25, 0.3) is 0 Å². The van der Waals surface area contributed by atoms with Crippen molar-refractivity contribution in [1.82, 2.24) is 0 Å². The first-order valence-electron chi connectivity index (χ1n) is 5.73. The molecule has 0 saturated heterocycles. The Morgan fingerprint density at radius 3 is 3.24 bits per heavy atom. The summed E-state index contributed by atoms with van der Waals surface area (Å²) in [6.07, 6.45) is 10.3. The maximum absolute atomic E-state index is 10.6. The summed E-state index contributed by atoms with van der Waals surface area (Å²) in [5, 5.41) is 0. The lowest BCUT2D eigenvalue weighted by Gasteiger charge is -2.03. The quantitative estimate of drug-likeness (QED) is 0.325. The number of ether oxygens (including phenoxy) is 1. The minimum Gasteiger partial charge on any atom is -0.466 e. The highest BCUT2D eigenvalue weighted by atomic mass is 32.2. The van der Waals surface area contributed by atoms with Crippen LogP contribution in [-0.4, -0.2) is 28.7 Å². The van der Waals surface area contributed by atoms with Crippen molar-refractivity contribution in [2.24, 2.45) is 4.99 Å². The van der Waals surface area contributed by atoms with Gasteiger partial charge in [0.2, 0.25) is 0 Å². The Morgan fingerprint density at radius 1 is 1.53 bits per heavy atom. The molecule has 1 heterocycles. The second-order valence-electron chi connectivity index (χ2n) is 3.88. The first-order valence-corrected chi connectivity index (χ1v) is 7.19. The third kappa shape index (κ3) is 3.33. The van der Waals surface area contributed by atoms with Crippen molar-refractivity contribution in [2.45, 2.75) is 19.8 Å². The van der Waals surface area contributed by atoms with Crippen LogP contribution in [0.3, 0.4) is 0 Å². The van der Waals surface area contributed by atoms with Gasteiger partial charge in [0.15, 0.2) is 5.70 Å². The molecule has 1 unspecified atom stereocenters. The SMILES string of the molecule is CC(=O)OCCCCS1=C2C=C[CH+]C=C2N=C1. The Balaban J connectivity index is 1.78. The minimum atomic E-state index is -0.194. The van der Waals surface area contributed by atoms with Gasteiger partial charge in [-0.15, -0.1) is 10.5 Å². The van der Waals surface area contributed by atoms with Gasteiger partial charge in [-0.1, -0.05) is 0 Å². The number of carbonyl (C=O) groups excluding carboxylic acids is 1. The summed E-state index contributed by atoms with van der Waals surface area (Å²) in [5.41, 5.74) is 3.16. The van der Waals surface area contributed by atoms with Gasteiger partial charge in [-0.25, -0.2) is 0 Å². The lowest BCUT2D eigenvalue weighted by Crippen LogP contribution is -2.02. The molecule has 2 aliphatic rings. The number of carbonyl (C=O) groups is 1. The molecule has 0 aromatic heterocycles. The Kier molecular flexibility index (Phi) is 4.20. The number of nitrogens with zero attached hydrogens (tertiary/aromatic N) is 1. The first kappa shape index (κ1) is 12.2. The third-order valence-corrected chi connectivity index (χ3v) is 4.53. The number of hydrogen-bond donors (Lipinski definition) is 0. The monoisotopic (exact) mass is 250 g/mol. The molecule has 0 radical (unpaired) electrons. The van der Waals surface area contributed by atoms with Crippen molar-refractivity contribution in [3.05, 3.63) is 30.3 Å². The zero-order valence-electron chi connectivity index (χ0n) is 9.89. The second kappa shape index (κ2) is 5.87. The fourth-order valence-corrected chi connectivity index (χ4v) is 3.54. The van der Waals surface area contributed by atoms with E-state index in [4.69, 9.17) is 4.74 Å². The molecule has 2 rings (SSSR count). The summed E-state index contributed by atoms with van der Waals surface area (Å²) in [4.78, 5) is 16.3. The molecule has 1 aliphatic heterocycles. The van der Waals surface area contributed by atoms with Crippen LogP contribution in [0.5, 0.6) is 0 Å². The van der Waals surface area contributed by atoms with Crippen LogP contribution in [0.1, 0.15) is 19.8 Å². The van der Waals surface area contributed by atoms with Crippen LogP contribution < -0.4 is 0 Å². The standard InChI is InChI=1S/C13H16NO2S/c1-11(15)16-8-4-5-9-17-10-14-12-6-2-3-7-13(12)17/h2-3,6-7,10H,4-5,8-9H2,1H3/q+1. The van der Waals surface area contributed by atoms with Gasteiger partial charge in [0.05, 0.1) is 24.3 Å². The number of hydrogen-bond acceptors (Lipinski definition) is 3. The number of aliphatic imine (C=N–C) groups is 1. The maximum Gasteiger partial charge on any atom is 0.302 e. The number of allylic oxidation sites excluding steroid dienone is 3. The van der Waals surface area contributed by atoms with E-state index in [1.807, 2.05) is 6.42 Å². The van der Waals surface area contributed by atoms with Crippen LogP contribution in [0.2, 0.25) is 0 Å². The van der Waals surface area contributed by atoms with Crippen molar-refractivity contribution in [1.29, 1.82) is 0 Å². The Bertz CT molecular complexity index is 433. The van der Waals surface area contributed by atoms with Crippen molar-refractivity contribution in [3.8, 4) is 0 Å². The van der Waals surface area contributed by atoms with E-state index in [0.717, 1.165) is 24.3 Å². The van der Waals surface area contributed by atoms with E-state index in [2.05, 4.69) is 28.8 Å². The molecule has 0 N–H and O–H groups in total. The van der Waals surface area contributed by atoms with Gasteiger partial charge in [-0.3, -0.25) is 4.79 Å². The molecule has 1 atom stereocenters. The van der Waals surface area contributed by atoms with Gasteiger partial charge in [-0.05, 0) is 18.6 Å². The molecule has 3 nitrogen and oxygen atoms in total. The normalized spacial score (nSPS) is 20.9. The Hall–Kier alpha value is -1.29. The van der Waals surface area contributed by atoms with Crippen LogP contribution >= 0.6 is 10.5 Å². The van der Waals surface area contributed by atoms with Gasteiger partial charge in [-0.2, -0.15) is 4.99 Å². The van der Waals surface area contributed by atoms with Crippen LogP contribution in [-0.2, 0) is 9.53 Å². The highest BCUT2D eigenvalue weighted by Gasteiger charge is 2.21. The van der Waals surface area contributed by atoms with Gasteiger partial charge in [0.25, 0.3) is 0 Å². The lowest BCUT2D eigenvalue weighted by atomic mass is 10.1.